The van der Waals surface area contributed by atoms with Crippen molar-refractivity contribution in [3.63, 3.8) is 0 Å². The van der Waals surface area contributed by atoms with Crippen LogP contribution in [0.1, 0.15) is 125 Å². The molecule has 3 N–H and O–H groups in total. The lowest BCUT2D eigenvalue weighted by molar-refractivity contribution is -0.132. The zero-order valence-corrected chi connectivity index (χ0v) is 54.9. The molecule has 13 rings (SSSR count). The molecule has 93 heavy (non-hydrogen) atoms. The largest absolute Gasteiger partial charge is 0.477 e. The van der Waals surface area contributed by atoms with Gasteiger partial charge in [0.2, 0.25) is 0 Å². The second-order valence-electron chi connectivity index (χ2n) is 26.3. The Morgan fingerprint density at radius 2 is 0.903 bits per heavy atom. The van der Waals surface area contributed by atoms with Crippen molar-refractivity contribution in [3.8, 4) is 61.7 Å². The van der Waals surface area contributed by atoms with Crippen LogP contribution >= 0.6 is 0 Å². The minimum atomic E-state index is -1.27. The van der Waals surface area contributed by atoms with E-state index in [2.05, 4.69) is 254 Å². The number of hydrogen-bond donors (Lipinski definition) is 3. The summed E-state index contributed by atoms with van der Waals surface area (Å²) in [5.74, 6) is 0.121. The normalized spacial score (nSPS) is 12.7. The third kappa shape index (κ3) is 12.4. The summed E-state index contributed by atoms with van der Waals surface area (Å²) in [6.45, 7) is 23.2. The van der Waals surface area contributed by atoms with Gasteiger partial charge in [-0.2, -0.15) is 5.26 Å². The van der Waals surface area contributed by atoms with E-state index < -0.39 is 5.97 Å². The van der Waals surface area contributed by atoms with Gasteiger partial charge in [-0.15, -0.1) is 0 Å². The van der Waals surface area contributed by atoms with Crippen LogP contribution in [-0.4, -0.2) is 35.6 Å². The molecule has 0 saturated carbocycles. The predicted octanol–water partition coefficient (Wildman–Crippen LogP) is 22.3. The third-order valence-corrected chi connectivity index (χ3v) is 18.7. The van der Waals surface area contributed by atoms with Crippen LogP contribution in [0.2, 0.25) is 0 Å². The number of fused-ring (bicyclic) bond motifs is 11. The van der Waals surface area contributed by atoms with Gasteiger partial charge in [0, 0.05) is 72.7 Å². The van der Waals surface area contributed by atoms with Gasteiger partial charge in [0.1, 0.15) is 11.6 Å². The van der Waals surface area contributed by atoms with Crippen molar-refractivity contribution in [1.82, 2.24) is 24.5 Å². The van der Waals surface area contributed by atoms with Gasteiger partial charge in [-0.3, -0.25) is 0 Å². The minimum Gasteiger partial charge on any atom is -0.477 e. The van der Waals surface area contributed by atoms with Crippen LogP contribution in [0.3, 0.4) is 0 Å². The minimum absolute atomic E-state index is 0.338. The number of nitrogens with one attached hydrogen (secondary N) is 2. The van der Waals surface area contributed by atoms with Gasteiger partial charge < -0.3 is 19.6 Å². The Labute approximate surface area is 545 Å². The fraction of sp³-hybridized carbons (Fsp3) is 0.200. The molecule has 1 unspecified atom stereocenters. The fourth-order valence-corrected chi connectivity index (χ4v) is 14.3. The van der Waals surface area contributed by atoms with Gasteiger partial charge >= 0.3 is 5.97 Å². The van der Waals surface area contributed by atoms with Crippen molar-refractivity contribution in [2.24, 2.45) is 11.8 Å². The molecule has 460 valence electrons. The first kappa shape index (κ1) is 61.2. The number of nitrogens with zero attached hydrogens (tertiary/aromatic N) is 4. The van der Waals surface area contributed by atoms with Crippen molar-refractivity contribution >= 4 is 92.4 Å². The van der Waals surface area contributed by atoms with Gasteiger partial charge in [0.25, 0.3) is 0 Å². The first-order valence-electron chi connectivity index (χ1n) is 32.6. The van der Waals surface area contributed by atoms with Gasteiger partial charge in [-0.05, 0) is 218 Å². The van der Waals surface area contributed by atoms with E-state index in [4.69, 9.17) is 9.97 Å². The number of hydrogen-bond acceptors (Lipinski definition) is 4. The highest BCUT2D eigenvalue weighted by Gasteiger charge is 2.23. The Hall–Kier alpha value is -10.6. The molecule has 2 aliphatic rings. The quantitative estimate of drug-likeness (QED) is 0.0505. The van der Waals surface area contributed by atoms with E-state index in [9.17, 15) is 15.2 Å². The monoisotopic (exact) mass is 1210 g/mol. The maximum absolute atomic E-state index is 11.9. The summed E-state index contributed by atoms with van der Waals surface area (Å²) >= 11 is 0. The molecule has 1 atom stereocenters. The number of carboxylic acids is 1. The number of carboxylic acid groups (broad SMARTS) is 1. The second-order valence-corrected chi connectivity index (χ2v) is 26.3. The molecule has 0 spiro atoms. The number of rotatable bonds is 16. The molecule has 0 fully saturated rings. The first-order valence-corrected chi connectivity index (χ1v) is 32.6. The Morgan fingerprint density at radius 1 is 0.473 bits per heavy atom. The highest BCUT2D eigenvalue weighted by molar-refractivity contribution is 6.10. The molecule has 6 heterocycles. The standard InChI is InChI=1S/C85H78N6O2/c1-50(2)12-11-13-51(3)40-41-91-77-38-22-61(47-67(77)68-48-65(29-39-78(68)91)62-23-14-52(4)15-24-62)17-16-59-18-25-63(26-19-59)81-69-30-34-73(87-69)83(79-55(7)42-53(5)43-56(79)8)75-36-32-71(89-75)82(64-27-20-60(21-28-64)46-66(49-86)85(92)93)72-33-37-76(90-72)84(74-35-31-70(81)88-74)80-57(9)44-54(6)45-58(80)10/h14-39,42-48,50-51,87,90H,11-13,40-41H2,1-10H3,(H,92,93)/b17-16+,66-46-,81-69?,81-70?,82-71?,82-72?,83-73?,83-75?,84-74?,84-76?. The topological polar surface area (TPSA) is 123 Å². The van der Waals surface area contributed by atoms with Gasteiger partial charge in [0.05, 0.1) is 22.8 Å². The number of aryl methyl sites for hydroxylation is 8. The van der Waals surface area contributed by atoms with E-state index in [0.717, 1.165) is 142 Å². The van der Waals surface area contributed by atoms with E-state index in [1.54, 1.807) is 0 Å². The highest BCUT2D eigenvalue weighted by Crippen LogP contribution is 2.42. The van der Waals surface area contributed by atoms with Crippen LogP contribution in [0, 0.1) is 71.6 Å². The lowest BCUT2D eigenvalue weighted by Gasteiger charge is -2.14. The van der Waals surface area contributed by atoms with Crippen molar-refractivity contribution in [1.29, 1.82) is 5.26 Å². The van der Waals surface area contributed by atoms with Gasteiger partial charge in [-0.25, -0.2) is 14.8 Å². The number of carbonyl (C=O) groups is 1. The number of aromatic nitrogens is 5. The van der Waals surface area contributed by atoms with E-state index in [0.29, 0.717) is 11.5 Å². The van der Waals surface area contributed by atoms with Crippen molar-refractivity contribution in [2.45, 2.75) is 101 Å². The third-order valence-electron chi connectivity index (χ3n) is 18.7. The lowest BCUT2D eigenvalue weighted by Crippen LogP contribution is -2.04. The summed E-state index contributed by atoms with van der Waals surface area (Å²) in [6, 6.07) is 58.8. The molecule has 8 nitrogen and oxygen atoms in total. The summed E-state index contributed by atoms with van der Waals surface area (Å²) in [4.78, 5) is 31.0. The Bertz CT molecular complexity index is 5040. The Balaban J connectivity index is 0.965. The molecule has 0 radical (unpaired) electrons. The summed E-state index contributed by atoms with van der Waals surface area (Å²) in [7, 11) is 0. The summed E-state index contributed by atoms with van der Waals surface area (Å²) in [5.41, 5.74) is 30.4. The predicted molar refractivity (Wildman–Crippen MR) is 391 cm³/mol. The zero-order valence-electron chi connectivity index (χ0n) is 54.9. The molecule has 0 aliphatic carbocycles. The summed E-state index contributed by atoms with van der Waals surface area (Å²) < 4.78 is 2.56. The Kier molecular flexibility index (Phi) is 16.8. The maximum Gasteiger partial charge on any atom is 0.346 e. The van der Waals surface area contributed by atoms with E-state index >= 15 is 0 Å². The number of nitriles is 1. The average Bonchev–Trinajstić information content (AvgIpc) is 1.62. The molecule has 7 aromatic carbocycles. The highest BCUT2D eigenvalue weighted by atomic mass is 16.4. The zero-order chi connectivity index (χ0) is 64.8. The molecular formula is C85H78N6O2. The van der Waals surface area contributed by atoms with Crippen LogP contribution in [0.5, 0.6) is 0 Å². The van der Waals surface area contributed by atoms with Gasteiger partial charge in [0.15, 0.2) is 0 Å². The van der Waals surface area contributed by atoms with Gasteiger partial charge in [-0.1, -0.05) is 178 Å². The van der Waals surface area contributed by atoms with Crippen molar-refractivity contribution in [2.75, 3.05) is 0 Å². The molecule has 11 aromatic rings. The molecule has 8 bridgehead atoms. The summed E-state index contributed by atoms with van der Waals surface area (Å²) in [6.07, 6.45) is 19.4. The maximum atomic E-state index is 11.9. The molecule has 0 saturated heterocycles. The smallest absolute Gasteiger partial charge is 0.346 e. The average molecular weight is 1220 g/mol. The summed E-state index contributed by atoms with van der Waals surface area (Å²) in [5, 5.41) is 21.9. The van der Waals surface area contributed by atoms with Crippen molar-refractivity contribution < 1.29 is 9.90 Å². The van der Waals surface area contributed by atoms with E-state index in [1.807, 2.05) is 30.3 Å². The number of H-pyrrole nitrogens is 2. The molecule has 0 amide bonds. The molecule has 4 aromatic heterocycles. The number of aliphatic carboxylic acids is 1. The van der Waals surface area contributed by atoms with E-state index in [-0.39, 0.29) is 5.57 Å². The van der Waals surface area contributed by atoms with Crippen LogP contribution in [-0.2, 0) is 11.3 Å². The van der Waals surface area contributed by atoms with Crippen LogP contribution < -0.4 is 0 Å². The molecular weight excluding hydrogens is 1140 g/mol. The van der Waals surface area contributed by atoms with E-state index in [1.165, 1.54) is 75.0 Å². The molecule has 2 aliphatic heterocycles. The lowest BCUT2D eigenvalue weighted by atomic mass is 9.92. The van der Waals surface area contributed by atoms with Crippen LogP contribution in [0.25, 0.3) is 142 Å². The SMILES string of the molecule is Cc1ccc(-c2ccc3c(c2)c2cc(/C=C/c4ccc(-c5c6nc(c(-c7c(C)cc(C)cc7C)c7ccc([nH]7)c(-c7ccc(/C=C(/C#N)C(=O)O)cc7)c7nc(c(-c8c(C)cc(C)cc8C)c8ccc5[nH]8)C=C7)C=C6)cc4)ccc2n3CCC(C)CCCC(C)C)cc1. The van der Waals surface area contributed by atoms with Crippen molar-refractivity contribution in [3.05, 3.63) is 242 Å². The Morgan fingerprint density at radius 3 is 1.40 bits per heavy atom. The van der Waals surface area contributed by atoms with Crippen LogP contribution in [0.15, 0.2) is 163 Å². The second kappa shape index (κ2) is 25.6. The number of benzene rings is 7. The van der Waals surface area contributed by atoms with Crippen LogP contribution in [0.4, 0.5) is 0 Å². The molecule has 8 heteroatoms. The fourth-order valence-electron chi connectivity index (χ4n) is 14.3. The first-order chi connectivity index (χ1) is 44.9. The number of aromatic amines is 2.